The molecule has 4 nitrogen and oxygen atoms in total. The Hall–Kier alpha value is -2.54. The van der Waals surface area contributed by atoms with E-state index in [4.69, 9.17) is 14.9 Å². The standard InChI is InChI=1S/C12H8N2O2/c13-7-9-1-3-10(4-2-9)12-6-5-11(16-12)8-14-15/h1-6,8,15H/b14-8+. The Labute approximate surface area is 92.0 Å². The van der Waals surface area contributed by atoms with Gasteiger partial charge in [0, 0.05) is 5.56 Å². The summed E-state index contributed by atoms with van der Waals surface area (Å²) < 4.78 is 5.39. The lowest BCUT2D eigenvalue weighted by Gasteiger charge is -1.95. The van der Waals surface area contributed by atoms with Crippen molar-refractivity contribution in [2.45, 2.75) is 0 Å². The average Bonchev–Trinajstić information content (AvgIpc) is 2.78. The van der Waals surface area contributed by atoms with Gasteiger partial charge < -0.3 is 9.62 Å². The minimum Gasteiger partial charge on any atom is -0.455 e. The van der Waals surface area contributed by atoms with Crippen LogP contribution in [0, 0.1) is 11.3 Å². The minimum atomic E-state index is 0.474. The van der Waals surface area contributed by atoms with Crippen molar-refractivity contribution in [1.82, 2.24) is 0 Å². The third-order valence-electron chi connectivity index (χ3n) is 2.11. The summed E-state index contributed by atoms with van der Waals surface area (Å²) in [7, 11) is 0. The van der Waals surface area contributed by atoms with E-state index in [1.54, 1.807) is 36.4 Å². The predicted molar refractivity (Wildman–Crippen MR) is 58.2 cm³/mol. The molecule has 4 heteroatoms. The van der Waals surface area contributed by atoms with Gasteiger partial charge in [0.15, 0.2) is 0 Å². The van der Waals surface area contributed by atoms with Gasteiger partial charge in [-0.05, 0) is 36.4 Å². The van der Waals surface area contributed by atoms with E-state index in [0.717, 1.165) is 5.56 Å². The van der Waals surface area contributed by atoms with Gasteiger partial charge in [0.25, 0.3) is 0 Å². The molecule has 0 fully saturated rings. The normalized spacial score (nSPS) is 10.4. The first-order chi connectivity index (χ1) is 7.83. The lowest BCUT2D eigenvalue weighted by atomic mass is 10.1. The van der Waals surface area contributed by atoms with Crippen LogP contribution in [0.1, 0.15) is 11.3 Å². The summed E-state index contributed by atoms with van der Waals surface area (Å²) >= 11 is 0. The fourth-order valence-corrected chi connectivity index (χ4v) is 1.34. The highest BCUT2D eigenvalue weighted by Crippen LogP contribution is 2.21. The van der Waals surface area contributed by atoms with E-state index in [0.29, 0.717) is 17.1 Å². The second-order valence-corrected chi connectivity index (χ2v) is 3.14. The number of furan rings is 1. The molecule has 0 aliphatic rings. The number of benzene rings is 1. The van der Waals surface area contributed by atoms with E-state index in [2.05, 4.69) is 5.16 Å². The molecule has 0 aliphatic heterocycles. The number of hydrogen-bond acceptors (Lipinski definition) is 4. The zero-order chi connectivity index (χ0) is 11.4. The molecule has 1 aromatic carbocycles. The number of oxime groups is 1. The summed E-state index contributed by atoms with van der Waals surface area (Å²) in [6, 6.07) is 12.6. The van der Waals surface area contributed by atoms with E-state index in [1.165, 1.54) is 6.21 Å². The number of nitriles is 1. The Bertz CT molecular complexity index is 547. The summed E-state index contributed by atoms with van der Waals surface area (Å²) in [6.45, 7) is 0. The van der Waals surface area contributed by atoms with E-state index in [9.17, 15) is 0 Å². The molecule has 0 bridgehead atoms. The fraction of sp³-hybridized carbons (Fsp3) is 0. The molecule has 0 saturated heterocycles. The Morgan fingerprint density at radius 3 is 2.56 bits per heavy atom. The summed E-state index contributed by atoms with van der Waals surface area (Å²) in [6.07, 6.45) is 1.22. The van der Waals surface area contributed by atoms with Crippen molar-refractivity contribution >= 4 is 6.21 Å². The van der Waals surface area contributed by atoms with Crippen LogP contribution in [0.2, 0.25) is 0 Å². The summed E-state index contributed by atoms with van der Waals surface area (Å²) in [5.41, 5.74) is 1.48. The molecule has 1 N–H and O–H groups in total. The average molecular weight is 212 g/mol. The van der Waals surface area contributed by atoms with Crippen molar-refractivity contribution in [1.29, 1.82) is 5.26 Å². The first-order valence-electron chi connectivity index (χ1n) is 4.61. The Balaban J connectivity index is 2.32. The second-order valence-electron chi connectivity index (χ2n) is 3.14. The largest absolute Gasteiger partial charge is 0.455 e. The molecule has 0 spiro atoms. The fourth-order valence-electron chi connectivity index (χ4n) is 1.34. The van der Waals surface area contributed by atoms with Crippen LogP contribution in [0.3, 0.4) is 0 Å². The molecule has 16 heavy (non-hydrogen) atoms. The van der Waals surface area contributed by atoms with Crippen LogP contribution in [0.15, 0.2) is 46.0 Å². The zero-order valence-electron chi connectivity index (χ0n) is 8.29. The molecule has 1 heterocycles. The first kappa shape index (κ1) is 9.99. The molecule has 78 valence electrons. The van der Waals surface area contributed by atoms with Gasteiger partial charge in [-0.25, -0.2) is 0 Å². The van der Waals surface area contributed by atoms with E-state index < -0.39 is 0 Å². The van der Waals surface area contributed by atoms with Crippen LogP contribution in [-0.4, -0.2) is 11.4 Å². The monoisotopic (exact) mass is 212 g/mol. The van der Waals surface area contributed by atoms with Crippen LogP contribution < -0.4 is 0 Å². The van der Waals surface area contributed by atoms with Crippen molar-refractivity contribution < 1.29 is 9.62 Å². The minimum absolute atomic E-state index is 0.474. The van der Waals surface area contributed by atoms with Crippen LogP contribution >= 0.6 is 0 Å². The number of nitrogens with zero attached hydrogens (tertiary/aromatic N) is 2. The predicted octanol–water partition coefficient (Wildman–Crippen LogP) is 2.63. The van der Waals surface area contributed by atoms with E-state index in [-0.39, 0.29) is 0 Å². The zero-order valence-corrected chi connectivity index (χ0v) is 8.29. The lowest BCUT2D eigenvalue weighted by Crippen LogP contribution is -1.76. The summed E-state index contributed by atoms with van der Waals surface area (Å²) in [5.74, 6) is 1.14. The third-order valence-corrected chi connectivity index (χ3v) is 2.11. The van der Waals surface area contributed by atoms with Crippen molar-refractivity contribution in [3.63, 3.8) is 0 Å². The molecule has 0 unspecified atom stereocenters. The summed E-state index contributed by atoms with van der Waals surface area (Å²) in [5, 5.41) is 19.9. The van der Waals surface area contributed by atoms with Crippen molar-refractivity contribution in [3.8, 4) is 17.4 Å². The molecule has 0 amide bonds. The maximum Gasteiger partial charge on any atom is 0.149 e. The highest BCUT2D eigenvalue weighted by Gasteiger charge is 2.03. The molecule has 0 saturated carbocycles. The van der Waals surface area contributed by atoms with Gasteiger partial charge in [-0.1, -0.05) is 5.16 Å². The molecule has 2 rings (SSSR count). The Kier molecular flexibility index (Phi) is 2.70. The lowest BCUT2D eigenvalue weighted by molar-refractivity contribution is 0.321. The molecule has 0 radical (unpaired) electrons. The van der Waals surface area contributed by atoms with Gasteiger partial charge in [-0.15, -0.1) is 0 Å². The smallest absolute Gasteiger partial charge is 0.149 e. The highest BCUT2D eigenvalue weighted by molar-refractivity contribution is 5.76. The van der Waals surface area contributed by atoms with Crippen molar-refractivity contribution in [2.24, 2.45) is 5.16 Å². The third kappa shape index (κ3) is 1.93. The Morgan fingerprint density at radius 2 is 1.94 bits per heavy atom. The molecular formula is C12H8N2O2. The van der Waals surface area contributed by atoms with Gasteiger partial charge >= 0.3 is 0 Å². The first-order valence-corrected chi connectivity index (χ1v) is 4.61. The molecule has 1 aromatic heterocycles. The molecule has 0 aliphatic carbocycles. The van der Waals surface area contributed by atoms with Crippen LogP contribution in [0.4, 0.5) is 0 Å². The van der Waals surface area contributed by atoms with Crippen LogP contribution in [0.5, 0.6) is 0 Å². The second kappa shape index (κ2) is 4.32. The van der Waals surface area contributed by atoms with Gasteiger partial charge in [-0.2, -0.15) is 5.26 Å². The van der Waals surface area contributed by atoms with Gasteiger partial charge in [0.2, 0.25) is 0 Å². The maximum absolute atomic E-state index is 8.65. The highest BCUT2D eigenvalue weighted by atomic mass is 16.4. The van der Waals surface area contributed by atoms with Crippen molar-refractivity contribution in [3.05, 3.63) is 47.7 Å². The summed E-state index contributed by atoms with van der Waals surface area (Å²) in [4.78, 5) is 0. The van der Waals surface area contributed by atoms with E-state index >= 15 is 0 Å². The number of hydrogen-bond donors (Lipinski definition) is 1. The molecular weight excluding hydrogens is 204 g/mol. The van der Waals surface area contributed by atoms with Crippen molar-refractivity contribution in [2.75, 3.05) is 0 Å². The van der Waals surface area contributed by atoms with Gasteiger partial charge in [0.1, 0.15) is 17.7 Å². The molecule has 2 aromatic rings. The Morgan fingerprint density at radius 1 is 1.19 bits per heavy atom. The topological polar surface area (TPSA) is 69.5 Å². The number of rotatable bonds is 2. The van der Waals surface area contributed by atoms with Gasteiger partial charge in [-0.3, -0.25) is 0 Å². The van der Waals surface area contributed by atoms with E-state index in [1.807, 2.05) is 6.07 Å². The van der Waals surface area contributed by atoms with Crippen LogP contribution in [-0.2, 0) is 0 Å². The van der Waals surface area contributed by atoms with Crippen LogP contribution in [0.25, 0.3) is 11.3 Å². The quantitative estimate of drug-likeness (QED) is 0.472. The molecule has 0 atom stereocenters. The SMILES string of the molecule is N#Cc1ccc(-c2ccc(/C=N/O)o2)cc1. The van der Waals surface area contributed by atoms with Gasteiger partial charge in [0.05, 0.1) is 11.6 Å². The maximum atomic E-state index is 8.65.